The molecule has 5 heteroatoms. The molecule has 18 heavy (non-hydrogen) atoms. The van der Waals surface area contributed by atoms with Crippen LogP contribution in [0.25, 0.3) is 0 Å². The summed E-state index contributed by atoms with van der Waals surface area (Å²) in [5, 5.41) is 19.5. The topological polar surface area (TPSA) is 76.0 Å². The van der Waals surface area contributed by atoms with Crippen molar-refractivity contribution in [1.29, 1.82) is 0 Å². The summed E-state index contributed by atoms with van der Waals surface area (Å²) in [5.41, 5.74) is 0. The molecule has 0 aromatic rings. The Balaban J connectivity index is 1.61. The summed E-state index contributed by atoms with van der Waals surface area (Å²) in [6.07, 6.45) is 5.70. The summed E-state index contributed by atoms with van der Waals surface area (Å²) in [4.78, 5) is 12.0. The van der Waals surface area contributed by atoms with Crippen molar-refractivity contribution in [1.82, 2.24) is 0 Å². The van der Waals surface area contributed by atoms with Gasteiger partial charge in [0.1, 0.15) is 0 Å². The van der Waals surface area contributed by atoms with Gasteiger partial charge in [-0.05, 0) is 30.9 Å². The predicted molar refractivity (Wildman–Crippen MR) is 61.0 cm³/mol. The van der Waals surface area contributed by atoms with E-state index in [1.54, 1.807) is 18.2 Å². The Morgan fingerprint density at radius 2 is 2.06 bits per heavy atom. The third-order valence-electron chi connectivity index (χ3n) is 4.13. The summed E-state index contributed by atoms with van der Waals surface area (Å²) in [6.45, 7) is 0. The lowest BCUT2D eigenvalue weighted by Crippen LogP contribution is -2.40. The summed E-state index contributed by atoms with van der Waals surface area (Å²) in [6, 6.07) is 0. The maximum absolute atomic E-state index is 12.0. The van der Waals surface area contributed by atoms with Crippen LogP contribution in [-0.4, -0.2) is 34.7 Å². The molecule has 6 atom stereocenters. The van der Waals surface area contributed by atoms with E-state index in [9.17, 15) is 15.0 Å². The molecule has 2 bridgehead atoms. The first-order valence-corrected chi connectivity index (χ1v) is 6.22. The maximum atomic E-state index is 12.0. The number of aliphatic hydroxyl groups is 2. The third kappa shape index (κ3) is 1.83. The number of rotatable bonds is 2. The fourth-order valence-corrected chi connectivity index (χ4v) is 3.21. The van der Waals surface area contributed by atoms with Gasteiger partial charge in [-0.25, -0.2) is 0 Å². The molecular weight excluding hydrogens is 236 g/mol. The zero-order chi connectivity index (χ0) is 12.7. The number of hydrogen-bond donors (Lipinski definition) is 2. The predicted octanol–water partition coefficient (Wildman–Crippen LogP) is 0.334. The molecule has 0 aromatic carbocycles. The molecule has 2 fully saturated rings. The second kappa shape index (κ2) is 4.40. The van der Waals surface area contributed by atoms with Crippen molar-refractivity contribution in [3.8, 4) is 0 Å². The minimum absolute atomic E-state index is 0.0188. The van der Waals surface area contributed by atoms with Gasteiger partial charge in [-0.3, -0.25) is 4.79 Å². The zero-order valence-electron chi connectivity index (χ0n) is 9.81. The monoisotopic (exact) mass is 252 g/mol. The fraction of sp³-hybridized carbons (Fsp3) is 0.615. The standard InChI is InChI=1S/C13H16O5/c14-11-7-5-8(12(11)15)9(6-7)13(16)18-10-3-1-2-4-17-10/h1-4,7-12,14-15H,5-6H2. The van der Waals surface area contributed by atoms with E-state index in [0.717, 1.165) is 0 Å². The van der Waals surface area contributed by atoms with Crippen LogP contribution in [0.4, 0.5) is 0 Å². The Morgan fingerprint density at radius 1 is 1.22 bits per heavy atom. The minimum atomic E-state index is -0.802. The van der Waals surface area contributed by atoms with Crippen LogP contribution < -0.4 is 0 Å². The molecule has 6 unspecified atom stereocenters. The van der Waals surface area contributed by atoms with Crippen LogP contribution in [0.5, 0.6) is 0 Å². The quantitative estimate of drug-likeness (QED) is 0.693. The van der Waals surface area contributed by atoms with Gasteiger partial charge in [0.05, 0.1) is 24.4 Å². The van der Waals surface area contributed by atoms with E-state index in [4.69, 9.17) is 9.47 Å². The maximum Gasteiger partial charge on any atom is 0.312 e. The molecule has 98 valence electrons. The molecule has 2 aliphatic carbocycles. The number of carbonyl (C=O) groups excluding carboxylic acids is 1. The molecule has 3 rings (SSSR count). The number of ether oxygens (including phenoxy) is 2. The molecule has 0 aromatic heterocycles. The molecule has 2 saturated carbocycles. The van der Waals surface area contributed by atoms with Crippen LogP contribution in [0.2, 0.25) is 0 Å². The van der Waals surface area contributed by atoms with Crippen molar-refractivity contribution >= 4 is 5.97 Å². The SMILES string of the molecule is O=C(OC1C=CC=CO1)C1CC2CC1C(O)C2O. The molecular formula is C13H16O5. The number of allylic oxidation sites excluding steroid dienone is 2. The van der Waals surface area contributed by atoms with Gasteiger partial charge in [0.15, 0.2) is 0 Å². The van der Waals surface area contributed by atoms with Gasteiger partial charge in [0.2, 0.25) is 0 Å². The molecule has 0 radical (unpaired) electrons. The summed E-state index contributed by atoms with van der Waals surface area (Å²) >= 11 is 0. The number of aliphatic hydroxyl groups excluding tert-OH is 2. The lowest BCUT2D eigenvalue weighted by atomic mass is 9.85. The molecule has 2 N–H and O–H groups in total. The van der Waals surface area contributed by atoms with Crippen LogP contribution in [0, 0.1) is 17.8 Å². The van der Waals surface area contributed by atoms with Gasteiger partial charge in [-0.2, -0.15) is 0 Å². The summed E-state index contributed by atoms with van der Waals surface area (Å²) in [7, 11) is 0. The Kier molecular flexibility index (Phi) is 2.87. The van der Waals surface area contributed by atoms with Crippen LogP contribution in [0.3, 0.4) is 0 Å². The van der Waals surface area contributed by atoms with Crippen LogP contribution in [-0.2, 0) is 14.3 Å². The highest BCUT2D eigenvalue weighted by Crippen LogP contribution is 2.49. The fourth-order valence-electron chi connectivity index (χ4n) is 3.21. The molecule has 0 spiro atoms. The third-order valence-corrected chi connectivity index (χ3v) is 4.13. The first-order valence-electron chi connectivity index (χ1n) is 6.22. The second-order valence-electron chi connectivity index (χ2n) is 5.14. The van der Waals surface area contributed by atoms with E-state index in [0.29, 0.717) is 12.8 Å². The van der Waals surface area contributed by atoms with E-state index >= 15 is 0 Å². The number of hydrogen-bond acceptors (Lipinski definition) is 5. The van der Waals surface area contributed by atoms with Crippen LogP contribution in [0.15, 0.2) is 24.5 Å². The summed E-state index contributed by atoms with van der Waals surface area (Å²) in [5.74, 6) is -0.833. The highest BCUT2D eigenvalue weighted by atomic mass is 16.7. The highest BCUT2D eigenvalue weighted by molar-refractivity contribution is 5.74. The number of carbonyl (C=O) groups is 1. The van der Waals surface area contributed by atoms with E-state index in [-0.39, 0.29) is 23.7 Å². The van der Waals surface area contributed by atoms with Gasteiger partial charge in [-0.15, -0.1) is 0 Å². The van der Waals surface area contributed by atoms with Crippen molar-refractivity contribution < 1.29 is 24.5 Å². The van der Waals surface area contributed by atoms with E-state index in [2.05, 4.69) is 0 Å². The lowest BCUT2D eigenvalue weighted by molar-refractivity contribution is -0.172. The average Bonchev–Trinajstić information content (AvgIpc) is 2.92. The number of esters is 1. The first kappa shape index (κ1) is 11.7. The largest absolute Gasteiger partial charge is 0.459 e. The van der Waals surface area contributed by atoms with Crippen LogP contribution in [0.1, 0.15) is 12.8 Å². The van der Waals surface area contributed by atoms with Crippen molar-refractivity contribution in [3.63, 3.8) is 0 Å². The number of fused-ring (bicyclic) bond motifs is 2. The Hall–Kier alpha value is -1.33. The van der Waals surface area contributed by atoms with Gasteiger partial charge in [-0.1, -0.05) is 6.08 Å². The van der Waals surface area contributed by atoms with Crippen molar-refractivity contribution in [2.75, 3.05) is 0 Å². The zero-order valence-corrected chi connectivity index (χ0v) is 9.81. The Labute approximate surface area is 105 Å². The van der Waals surface area contributed by atoms with Crippen molar-refractivity contribution in [3.05, 3.63) is 24.5 Å². The van der Waals surface area contributed by atoms with E-state index in [1.165, 1.54) is 6.26 Å². The van der Waals surface area contributed by atoms with Gasteiger partial charge >= 0.3 is 5.97 Å². The molecule has 0 saturated heterocycles. The van der Waals surface area contributed by atoms with Gasteiger partial charge < -0.3 is 19.7 Å². The molecule has 1 aliphatic heterocycles. The van der Waals surface area contributed by atoms with Gasteiger partial charge in [0, 0.05) is 5.92 Å². The normalized spacial score (nSPS) is 45.0. The second-order valence-corrected chi connectivity index (χ2v) is 5.14. The minimum Gasteiger partial charge on any atom is -0.459 e. The van der Waals surface area contributed by atoms with E-state index in [1.807, 2.05) is 0 Å². The highest BCUT2D eigenvalue weighted by Gasteiger charge is 2.54. The molecule has 3 aliphatic rings. The van der Waals surface area contributed by atoms with Crippen LogP contribution >= 0.6 is 0 Å². The van der Waals surface area contributed by atoms with Crippen molar-refractivity contribution in [2.24, 2.45) is 17.8 Å². The first-order chi connectivity index (χ1) is 8.66. The summed E-state index contributed by atoms with van der Waals surface area (Å²) < 4.78 is 10.3. The Bertz CT molecular complexity index is 400. The molecule has 1 heterocycles. The smallest absolute Gasteiger partial charge is 0.312 e. The average molecular weight is 252 g/mol. The van der Waals surface area contributed by atoms with Crippen molar-refractivity contribution in [2.45, 2.75) is 31.3 Å². The van der Waals surface area contributed by atoms with E-state index < -0.39 is 18.5 Å². The Morgan fingerprint density at radius 3 is 2.67 bits per heavy atom. The lowest BCUT2D eigenvalue weighted by Gasteiger charge is -2.29. The molecule has 0 amide bonds. The molecule has 5 nitrogen and oxygen atoms in total. The van der Waals surface area contributed by atoms with Gasteiger partial charge in [0.25, 0.3) is 6.29 Å².